The van der Waals surface area contributed by atoms with Gasteiger partial charge in [0.1, 0.15) is 0 Å². The van der Waals surface area contributed by atoms with Crippen LogP contribution in [0.25, 0.3) is 0 Å². The summed E-state index contributed by atoms with van der Waals surface area (Å²) in [4.78, 5) is 34.6. The molecule has 0 aromatic rings. The molecule has 1 rings (SSSR count). The summed E-state index contributed by atoms with van der Waals surface area (Å²) in [6.45, 7) is 5.01. The molecule has 0 aromatic heterocycles. The number of urea groups is 1. The molecule has 0 aliphatic heterocycles. The van der Waals surface area contributed by atoms with E-state index in [9.17, 15) is 14.4 Å². The van der Waals surface area contributed by atoms with E-state index in [4.69, 9.17) is 4.74 Å². The minimum atomic E-state index is -0.981. The predicted octanol–water partition coefficient (Wildman–Crippen LogP) is 1.51. The molecule has 0 spiro atoms. The van der Waals surface area contributed by atoms with Gasteiger partial charge in [-0.2, -0.15) is 0 Å². The van der Waals surface area contributed by atoms with E-state index in [0.29, 0.717) is 0 Å². The van der Waals surface area contributed by atoms with Crippen molar-refractivity contribution in [2.24, 2.45) is 5.92 Å². The van der Waals surface area contributed by atoms with Crippen molar-refractivity contribution in [1.82, 2.24) is 10.6 Å². The van der Waals surface area contributed by atoms with Crippen molar-refractivity contribution >= 4 is 17.9 Å². The maximum absolute atomic E-state index is 11.6. The van der Waals surface area contributed by atoms with Gasteiger partial charge in [-0.05, 0) is 39.5 Å². The average molecular weight is 282 g/mol. The Labute approximate surface area is 118 Å². The summed E-state index contributed by atoms with van der Waals surface area (Å²) in [7, 11) is 0. The SMILES string of the molecule is CC(C)NC(=O)NC(=O)[C@@H](C)OC(=O)C[C@H]1C=CCC1. The minimum Gasteiger partial charge on any atom is -0.453 e. The number of hydrogen-bond donors (Lipinski definition) is 2. The van der Waals surface area contributed by atoms with Crippen molar-refractivity contribution in [3.8, 4) is 0 Å². The predicted molar refractivity (Wildman–Crippen MR) is 73.8 cm³/mol. The molecule has 0 unspecified atom stereocenters. The van der Waals surface area contributed by atoms with Crippen molar-refractivity contribution in [1.29, 1.82) is 0 Å². The van der Waals surface area contributed by atoms with Crippen molar-refractivity contribution in [3.63, 3.8) is 0 Å². The van der Waals surface area contributed by atoms with Crippen molar-refractivity contribution < 1.29 is 19.1 Å². The van der Waals surface area contributed by atoms with Gasteiger partial charge >= 0.3 is 12.0 Å². The maximum Gasteiger partial charge on any atom is 0.321 e. The molecular formula is C14H22N2O4. The molecule has 3 amide bonds. The smallest absolute Gasteiger partial charge is 0.321 e. The quantitative estimate of drug-likeness (QED) is 0.591. The largest absolute Gasteiger partial charge is 0.453 e. The highest BCUT2D eigenvalue weighted by Gasteiger charge is 2.22. The number of imide groups is 1. The van der Waals surface area contributed by atoms with Gasteiger partial charge in [-0.1, -0.05) is 12.2 Å². The van der Waals surface area contributed by atoms with E-state index >= 15 is 0 Å². The van der Waals surface area contributed by atoms with Crippen LogP contribution in [-0.2, 0) is 14.3 Å². The van der Waals surface area contributed by atoms with Gasteiger partial charge in [0.15, 0.2) is 6.10 Å². The van der Waals surface area contributed by atoms with Crippen LogP contribution in [0.2, 0.25) is 0 Å². The summed E-state index contributed by atoms with van der Waals surface area (Å²) in [5.41, 5.74) is 0. The zero-order chi connectivity index (χ0) is 15.1. The number of carbonyl (C=O) groups is 3. The Morgan fingerprint density at radius 2 is 2.00 bits per heavy atom. The zero-order valence-electron chi connectivity index (χ0n) is 12.1. The van der Waals surface area contributed by atoms with Crippen molar-refractivity contribution in [2.75, 3.05) is 0 Å². The number of nitrogens with one attached hydrogen (secondary N) is 2. The summed E-state index contributed by atoms with van der Waals surface area (Å²) in [6, 6.07) is -0.665. The number of esters is 1. The molecule has 0 fully saturated rings. The van der Waals surface area contributed by atoms with E-state index in [0.717, 1.165) is 12.8 Å². The number of allylic oxidation sites excluding steroid dienone is 2. The van der Waals surface area contributed by atoms with Gasteiger partial charge in [-0.3, -0.25) is 14.9 Å². The lowest BCUT2D eigenvalue weighted by Crippen LogP contribution is -2.46. The van der Waals surface area contributed by atoms with E-state index < -0.39 is 24.0 Å². The average Bonchev–Trinajstić information content (AvgIpc) is 2.79. The van der Waals surface area contributed by atoms with Crippen LogP contribution in [0.4, 0.5) is 4.79 Å². The van der Waals surface area contributed by atoms with E-state index in [-0.39, 0.29) is 18.4 Å². The Morgan fingerprint density at radius 1 is 1.30 bits per heavy atom. The van der Waals surface area contributed by atoms with Crippen LogP contribution < -0.4 is 10.6 Å². The first-order chi connectivity index (χ1) is 9.38. The molecule has 0 saturated carbocycles. The third kappa shape index (κ3) is 5.86. The van der Waals surface area contributed by atoms with Crippen molar-refractivity contribution in [2.45, 2.75) is 52.2 Å². The Bertz CT molecular complexity index is 404. The van der Waals surface area contributed by atoms with Gasteiger partial charge in [0, 0.05) is 6.04 Å². The van der Waals surface area contributed by atoms with E-state index in [1.807, 2.05) is 12.2 Å². The highest BCUT2D eigenvalue weighted by atomic mass is 16.5. The summed E-state index contributed by atoms with van der Waals surface area (Å²) >= 11 is 0. The van der Waals surface area contributed by atoms with Gasteiger partial charge in [-0.15, -0.1) is 0 Å². The van der Waals surface area contributed by atoms with Crippen LogP contribution in [0.1, 0.15) is 40.0 Å². The van der Waals surface area contributed by atoms with Crippen LogP contribution in [0, 0.1) is 5.92 Å². The molecule has 6 heteroatoms. The van der Waals surface area contributed by atoms with Crippen LogP contribution in [0.3, 0.4) is 0 Å². The zero-order valence-corrected chi connectivity index (χ0v) is 12.1. The molecule has 20 heavy (non-hydrogen) atoms. The Hall–Kier alpha value is -1.85. The minimum absolute atomic E-state index is 0.0742. The normalized spacial score (nSPS) is 18.7. The third-order valence-corrected chi connectivity index (χ3v) is 2.88. The molecule has 1 aliphatic rings. The molecule has 1 aliphatic carbocycles. The number of hydrogen-bond acceptors (Lipinski definition) is 4. The molecule has 0 saturated heterocycles. The van der Waals surface area contributed by atoms with Crippen LogP contribution >= 0.6 is 0 Å². The first-order valence-corrected chi connectivity index (χ1v) is 6.86. The molecule has 2 N–H and O–H groups in total. The molecule has 112 valence electrons. The monoisotopic (exact) mass is 282 g/mol. The standard InChI is InChI=1S/C14H22N2O4/c1-9(2)15-14(19)16-13(18)10(3)20-12(17)8-11-6-4-5-7-11/h4,6,9-11H,5,7-8H2,1-3H3,(H2,15,16,18,19)/t10-,11+/m1/s1. The summed E-state index contributed by atoms with van der Waals surface area (Å²) in [5.74, 6) is -0.853. The number of amides is 3. The van der Waals surface area contributed by atoms with Crippen molar-refractivity contribution in [3.05, 3.63) is 12.2 Å². The van der Waals surface area contributed by atoms with Crippen LogP contribution in [-0.4, -0.2) is 30.1 Å². The first-order valence-electron chi connectivity index (χ1n) is 6.86. The fourth-order valence-corrected chi connectivity index (χ4v) is 1.89. The Balaban J connectivity index is 2.31. The Kier molecular flexibility index (Phi) is 6.21. The number of carbonyl (C=O) groups excluding carboxylic acids is 3. The second kappa shape index (κ2) is 7.67. The lowest BCUT2D eigenvalue weighted by Gasteiger charge is -2.15. The first kappa shape index (κ1) is 16.2. The molecule has 0 aromatic carbocycles. The lowest BCUT2D eigenvalue weighted by atomic mass is 10.1. The second-order valence-electron chi connectivity index (χ2n) is 5.22. The van der Waals surface area contributed by atoms with Crippen LogP contribution in [0.15, 0.2) is 12.2 Å². The van der Waals surface area contributed by atoms with Gasteiger partial charge in [0.2, 0.25) is 0 Å². The topological polar surface area (TPSA) is 84.5 Å². The summed E-state index contributed by atoms with van der Waals surface area (Å²) in [5, 5.41) is 4.65. The second-order valence-corrected chi connectivity index (χ2v) is 5.22. The maximum atomic E-state index is 11.6. The number of rotatable bonds is 5. The van der Waals surface area contributed by atoms with E-state index in [1.165, 1.54) is 6.92 Å². The molecule has 6 nitrogen and oxygen atoms in total. The molecule has 0 radical (unpaired) electrons. The van der Waals surface area contributed by atoms with E-state index in [1.54, 1.807) is 13.8 Å². The fourth-order valence-electron chi connectivity index (χ4n) is 1.89. The van der Waals surface area contributed by atoms with Gasteiger partial charge in [0.05, 0.1) is 6.42 Å². The summed E-state index contributed by atoms with van der Waals surface area (Å²) in [6.07, 6.45) is 5.22. The fraction of sp³-hybridized carbons (Fsp3) is 0.643. The highest BCUT2D eigenvalue weighted by molar-refractivity contribution is 5.97. The number of ether oxygens (including phenoxy) is 1. The summed E-state index contributed by atoms with van der Waals surface area (Å²) < 4.78 is 5.02. The van der Waals surface area contributed by atoms with E-state index in [2.05, 4.69) is 10.6 Å². The lowest BCUT2D eigenvalue weighted by molar-refractivity contribution is -0.155. The Morgan fingerprint density at radius 3 is 2.55 bits per heavy atom. The van der Waals surface area contributed by atoms with Gasteiger partial charge in [0.25, 0.3) is 5.91 Å². The molecule has 2 atom stereocenters. The molecule has 0 bridgehead atoms. The van der Waals surface area contributed by atoms with Gasteiger partial charge in [-0.25, -0.2) is 4.79 Å². The highest BCUT2D eigenvalue weighted by Crippen LogP contribution is 2.20. The molecular weight excluding hydrogens is 260 g/mol. The molecule has 0 heterocycles. The van der Waals surface area contributed by atoms with Crippen LogP contribution in [0.5, 0.6) is 0 Å². The third-order valence-electron chi connectivity index (χ3n) is 2.88. The van der Waals surface area contributed by atoms with Gasteiger partial charge < -0.3 is 10.1 Å².